The molecule has 0 aromatic heterocycles. The molecule has 5 heteroatoms. The van der Waals surface area contributed by atoms with E-state index in [0.29, 0.717) is 36.1 Å². The van der Waals surface area contributed by atoms with Crippen molar-refractivity contribution in [3.05, 3.63) is 34.9 Å². The molecule has 0 spiro atoms. The van der Waals surface area contributed by atoms with Crippen LogP contribution in [-0.2, 0) is 15.1 Å². The number of nitrogens with one attached hydrogen (secondary N) is 1. The van der Waals surface area contributed by atoms with Crippen LogP contribution in [0, 0.1) is 34.5 Å². The van der Waals surface area contributed by atoms with Crippen molar-refractivity contribution in [3.8, 4) is 0 Å². The lowest BCUT2D eigenvalue weighted by molar-refractivity contribution is -0.160. The Morgan fingerprint density at radius 3 is 2.33 bits per heavy atom. The number of hydrogen-bond donors (Lipinski definition) is 1. The molecule has 36 heavy (non-hydrogen) atoms. The number of amides is 2. The second kappa shape index (κ2) is 8.75. The maximum absolute atomic E-state index is 14.1. The van der Waals surface area contributed by atoms with Gasteiger partial charge in [-0.25, -0.2) is 0 Å². The first-order chi connectivity index (χ1) is 17.2. The van der Waals surface area contributed by atoms with Gasteiger partial charge in [0.25, 0.3) is 0 Å². The minimum Gasteiger partial charge on any atom is -0.346 e. The van der Waals surface area contributed by atoms with Gasteiger partial charge < -0.3 is 10.2 Å². The molecule has 1 aromatic rings. The Balaban J connectivity index is 1.22. The summed E-state index contributed by atoms with van der Waals surface area (Å²) < 4.78 is 0. The van der Waals surface area contributed by atoms with Crippen LogP contribution in [0.25, 0.3) is 0 Å². The molecule has 4 nitrogen and oxygen atoms in total. The highest BCUT2D eigenvalue weighted by molar-refractivity contribution is 6.30. The summed E-state index contributed by atoms with van der Waals surface area (Å²) in [6.07, 6.45) is 13.0. The molecule has 1 aromatic carbocycles. The van der Waals surface area contributed by atoms with Gasteiger partial charge in [0, 0.05) is 30.5 Å². The molecule has 4 saturated carbocycles. The zero-order chi connectivity index (χ0) is 25.3. The molecule has 1 saturated heterocycles. The Labute approximate surface area is 221 Å². The molecule has 6 rings (SSSR count). The third-order valence-electron chi connectivity index (χ3n) is 12.1. The van der Waals surface area contributed by atoms with Crippen molar-refractivity contribution in [1.82, 2.24) is 10.2 Å². The summed E-state index contributed by atoms with van der Waals surface area (Å²) in [4.78, 5) is 28.6. The van der Waals surface area contributed by atoms with Gasteiger partial charge in [0.15, 0.2) is 0 Å². The minimum absolute atomic E-state index is 0.0879. The molecule has 1 N–H and O–H groups in total. The van der Waals surface area contributed by atoms with Gasteiger partial charge in [-0.1, -0.05) is 50.4 Å². The lowest BCUT2D eigenvalue weighted by Crippen LogP contribution is -2.61. The normalized spacial score (nSPS) is 41.4. The standard InChI is InChI=1S/C31H43ClN2O2/c1-29-18-14-24-22(10-13-26-30(24,2)19-15-27(35)34(26)3)23(29)11-12-25(29)28(36)33-31(16-4-5-17-31)20-6-8-21(32)9-7-20/h6-9,22-26H,4-5,10-19H2,1-3H3,(H,33,36)/t22-,23-,24+,25?,26?,29-,30+/m0/s1. The number of halogens is 1. The Morgan fingerprint density at radius 2 is 1.61 bits per heavy atom. The van der Waals surface area contributed by atoms with E-state index in [0.717, 1.165) is 56.4 Å². The molecule has 1 aliphatic heterocycles. The van der Waals surface area contributed by atoms with Gasteiger partial charge in [0.2, 0.25) is 11.8 Å². The van der Waals surface area contributed by atoms with Gasteiger partial charge in [-0.05, 0) is 104 Å². The number of hydrogen-bond acceptors (Lipinski definition) is 2. The van der Waals surface area contributed by atoms with E-state index in [9.17, 15) is 9.59 Å². The minimum atomic E-state index is -0.238. The maximum Gasteiger partial charge on any atom is 0.224 e. The predicted octanol–water partition coefficient (Wildman–Crippen LogP) is 6.71. The predicted molar refractivity (Wildman–Crippen MR) is 143 cm³/mol. The van der Waals surface area contributed by atoms with Crippen molar-refractivity contribution in [2.24, 2.45) is 34.5 Å². The van der Waals surface area contributed by atoms with Crippen LogP contribution in [0.4, 0.5) is 0 Å². The molecule has 1 heterocycles. The average molecular weight is 511 g/mol. The van der Waals surface area contributed by atoms with Crippen molar-refractivity contribution < 1.29 is 9.59 Å². The van der Waals surface area contributed by atoms with Gasteiger partial charge in [0.05, 0.1) is 5.54 Å². The molecule has 7 atom stereocenters. The van der Waals surface area contributed by atoms with Gasteiger partial charge in [-0.3, -0.25) is 9.59 Å². The summed E-state index contributed by atoms with van der Waals surface area (Å²) in [5.41, 5.74) is 1.29. The van der Waals surface area contributed by atoms with Crippen LogP contribution in [0.2, 0.25) is 5.02 Å². The van der Waals surface area contributed by atoms with Crippen LogP contribution in [0.3, 0.4) is 0 Å². The molecule has 196 valence electrons. The molecular weight excluding hydrogens is 468 g/mol. The lowest BCUT2D eigenvalue weighted by Gasteiger charge is -2.61. The largest absolute Gasteiger partial charge is 0.346 e. The third-order valence-corrected chi connectivity index (χ3v) is 12.3. The van der Waals surface area contributed by atoms with Crippen molar-refractivity contribution in [1.29, 1.82) is 0 Å². The maximum atomic E-state index is 14.1. The van der Waals surface area contributed by atoms with E-state index >= 15 is 0 Å². The number of carbonyl (C=O) groups is 2. The van der Waals surface area contributed by atoms with E-state index in [-0.39, 0.29) is 28.2 Å². The smallest absolute Gasteiger partial charge is 0.224 e. The summed E-state index contributed by atoms with van der Waals surface area (Å²) in [6.45, 7) is 4.93. The number of rotatable bonds is 3. The van der Waals surface area contributed by atoms with E-state index < -0.39 is 0 Å². The first kappa shape index (κ1) is 24.8. The van der Waals surface area contributed by atoms with Crippen LogP contribution in [-0.4, -0.2) is 29.8 Å². The quantitative estimate of drug-likeness (QED) is 0.491. The Kier molecular flexibility index (Phi) is 6.02. The zero-order valence-electron chi connectivity index (χ0n) is 22.3. The number of carbonyl (C=O) groups excluding carboxylic acids is 2. The Hall–Kier alpha value is -1.55. The van der Waals surface area contributed by atoms with Gasteiger partial charge in [0.1, 0.15) is 0 Å². The molecule has 4 aliphatic carbocycles. The molecule has 5 aliphatic rings. The van der Waals surface area contributed by atoms with Crippen molar-refractivity contribution in [2.75, 3.05) is 7.05 Å². The van der Waals surface area contributed by atoms with Crippen LogP contribution in [0.1, 0.15) is 96.5 Å². The van der Waals surface area contributed by atoms with Gasteiger partial charge in [-0.15, -0.1) is 0 Å². The van der Waals surface area contributed by atoms with Gasteiger partial charge in [-0.2, -0.15) is 0 Å². The summed E-state index contributed by atoms with van der Waals surface area (Å²) >= 11 is 6.18. The fraction of sp³-hybridized carbons (Fsp3) is 0.742. The van der Waals surface area contributed by atoms with Crippen molar-refractivity contribution >= 4 is 23.4 Å². The van der Waals surface area contributed by atoms with Crippen LogP contribution >= 0.6 is 11.6 Å². The molecule has 0 radical (unpaired) electrons. The number of likely N-dealkylation sites (tertiary alicyclic amines) is 1. The number of benzene rings is 1. The average Bonchev–Trinajstić information content (AvgIpc) is 3.47. The van der Waals surface area contributed by atoms with E-state index in [1.165, 1.54) is 24.8 Å². The fourth-order valence-electron chi connectivity index (χ4n) is 10.1. The SMILES string of the molecule is CN1C(=O)CC[C@@]2(C)C1CC[C@@H]1[C@H]2CC[C@]2(C)C(C(=O)NC3(c4ccc(Cl)cc4)CCCC3)CC[C@@H]12. The topological polar surface area (TPSA) is 49.4 Å². The van der Waals surface area contributed by atoms with Crippen molar-refractivity contribution in [2.45, 2.75) is 102 Å². The van der Waals surface area contributed by atoms with E-state index in [4.69, 9.17) is 11.6 Å². The lowest BCUT2D eigenvalue weighted by atomic mass is 9.47. The highest BCUT2D eigenvalue weighted by Gasteiger charge is 2.62. The molecule has 0 bridgehead atoms. The number of fused-ring (bicyclic) bond motifs is 5. The zero-order valence-corrected chi connectivity index (χ0v) is 23.1. The van der Waals surface area contributed by atoms with Crippen LogP contribution in [0.15, 0.2) is 24.3 Å². The summed E-state index contributed by atoms with van der Waals surface area (Å²) in [5.74, 6) is 2.73. The monoisotopic (exact) mass is 510 g/mol. The molecule has 2 unspecified atom stereocenters. The molecular formula is C31H43ClN2O2. The molecule has 5 fully saturated rings. The van der Waals surface area contributed by atoms with Crippen LogP contribution < -0.4 is 5.32 Å². The third kappa shape index (κ3) is 3.60. The van der Waals surface area contributed by atoms with Gasteiger partial charge >= 0.3 is 0 Å². The highest BCUT2D eigenvalue weighted by atomic mass is 35.5. The first-order valence-corrected chi connectivity index (χ1v) is 14.9. The van der Waals surface area contributed by atoms with E-state index in [1.54, 1.807) is 0 Å². The van der Waals surface area contributed by atoms with E-state index in [1.807, 2.05) is 19.2 Å². The summed E-state index contributed by atoms with van der Waals surface area (Å²) in [6, 6.07) is 8.55. The Bertz CT molecular complexity index is 1030. The van der Waals surface area contributed by atoms with Crippen LogP contribution in [0.5, 0.6) is 0 Å². The van der Waals surface area contributed by atoms with Crippen molar-refractivity contribution in [3.63, 3.8) is 0 Å². The first-order valence-electron chi connectivity index (χ1n) is 14.5. The second-order valence-electron chi connectivity index (χ2n) is 13.4. The number of nitrogens with zero attached hydrogens (tertiary/aromatic N) is 1. The molecule has 2 amide bonds. The Morgan fingerprint density at radius 1 is 0.917 bits per heavy atom. The number of piperidine rings is 1. The second-order valence-corrected chi connectivity index (χ2v) is 13.9. The van der Waals surface area contributed by atoms with E-state index in [2.05, 4.69) is 36.2 Å². The summed E-state index contributed by atoms with van der Waals surface area (Å²) in [5, 5.41) is 4.39. The highest BCUT2D eigenvalue weighted by Crippen LogP contribution is 2.66. The fourth-order valence-corrected chi connectivity index (χ4v) is 10.3. The summed E-state index contributed by atoms with van der Waals surface area (Å²) in [7, 11) is 2.03.